The van der Waals surface area contributed by atoms with Crippen LogP contribution in [0, 0.1) is 5.41 Å². The van der Waals surface area contributed by atoms with E-state index in [-0.39, 0.29) is 36.3 Å². The van der Waals surface area contributed by atoms with Gasteiger partial charge >= 0.3 is 11.9 Å². The summed E-state index contributed by atoms with van der Waals surface area (Å²) in [4.78, 5) is 51.7. The van der Waals surface area contributed by atoms with Crippen LogP contribution >= 0.6 is 0 Å². The van der Waals surface area contributed by atoms with E-state index in [0.717, 1.165) is 0 Å². The maximum absolute atomic E-state index is 13.4. The molecule has 3 atom stereocenters. The maximum Gasteiger partial charge on any atom is 0.326 e. The van der Waals surface area contributed by atoms with Gasteiger partial charge in [-0.15, -0.1) is 0 Å². The van der Waals surface area contributed by atoms with Crippen molar-refractivity contribution in [2.45, 2.75) is 64.6 Å². The van der Waals surface area contributed by atoms with Crippen molar-refractivity contribution in [3.63, 3.8) is 0 Å². The lowest BCUT2D eigenvalue weighted by Gasteiger charge is -2.34. The van der Waals surface area contributed by atoms with Gasteiger partial charge in [0.1, 0.15) is 23.9 Å². The van der Waals surface area contributed by atoms with Gasteiger partial charge in [0, 0.05) is 31.4 Å². The second kappa shape index (κ2) is 12.3. The number of nitrogens with one attached hydrogen (secondary N) is 2. The maximum atomic E-state index is 13.4. The van der Waals surface area contributed by atoms with E-state index in [1.54, 1.807) is 49.5 Å². The van der Waals surface area contributed by atoms with Gasteiger partial charge in [0.25, 0.3) is 0 Å². The third-order valence-electron chi connectivity index (χ3n) is 6.79. The van der Waals surface area contributed by atoms with Crippen LogP contribution in [0.1, 0.15) is 55.5 Å². The molecular formula is C29H37N3O7. The average Bonchev–Trinajstić information content (AvgIpc) is 2.82. The molecule has 0 fully saturated rings. The van der Waals surface area contributed by atoms with Crippen LogP contribution in [-0.2, 0) is 38.4 Å². The zero-order chi connectivity index (χ0) is 28.9. The molecule has 0 saturated heterocycles. The minimum absolute atomic E-state index is 0.0420. The fraction of sp³-hybridized carbons (Fsp3) is 0.448. The SMILES string of the molecule is CN1CCc2c(O)cccc2C1C(=O)NC(Cc1ccccc1CC(NC(=O)CC(C)(C)C)C(=O)O)C(=O)O. The van der Waals surface area contributed by atoms with Crippen molar-refractivity contribution in [2.75, 3.05) is 13.6 Å². The lowest BCUT2D eigenvalue weighted by atomic mass is 9.90. The Hall–Kier alpha value is -3.92. The van der Waals surface area contributed by atoms with E-state index in [2.05, 4.69) is 10.6 Å². The number of amides is 2. The van der Waals surface area contributed by atoms with E-state index in [4.69, 9.17) is 0 Å². The Labute approximate surface area is 228 Å². The Morgan fingerprint density at radius 1 is 0.923 bits per heavy atom. The summed E-state index contributed by atoms with van der Waals surface area (Å²) in [6.07, 6.45) is 0.597. The second-order valence-corrected chi connectivity index (χ2v) is 11.3. The minimum Gasteiger partial charge on any atom is -0.508 e. The Balaban J connectivity index is 1.79. The van der Waals surface area contributed by atoms with Gasteiger partial charge in [-0.1, -0.05) is 57.2 Å². The number of fused-ring (bicyclic) bond motifs is 1. The fourth-order valence-electron chi connectivity index (χ4n) is 4.89. The number of likely N-dealkylation sites (N-methyl/N-ethyl adjacent to an activating group) is 1. The van der Waals surface area contributed by atoms with Crippen LogP contribution in [0.25, 0.3) is 0 Å². The molecule has 3 unspecified atom stereocenters. The van der Waals surface area contributed by atoms with Crippen molar-refractivity contribution in [3.05, 3.63) is 64.7 Å². The smallest absolute Gasteiger partial charge is 0.326 e. The molecule has 2 aromatic rings. The van der Waals surface area contributed by atoms with Crippen molar-refractivity contribution in [1.82, 2.24) is 15.5 Å². The first-order valence-electron chi connectivity index (χ1n) is 12.9. The van der Waals surface area contributed by atoms with E-state index >= 15 is 0 Å². The Kier molecular flexibility index (Phi) is 9.34. The number of benzene rings is 2. The number of nitrogens with zero attached hydrogens (tertiary/aromatic N) is 1. The first-order valence-corrected chi connectivity index (χ1v) is 12.9. The summed E-state index contributed by atoms with van der Waals surface area (Å²) < 4.78 is 0. The Morgan fingerprint density at radius 3 is 2.03 bits per heavy atom. The topological polar surface area (TPSA) is 156 Å². The first kappa shape index (κ1) is 29.6. The average molecular weight is 540 g/mol. The molecule has 210 valence electrons. The molecule has 0 aliphatic carbocycles. The van der Waals surface area contributed by atoms with Crippen LogP contribution in [0.3, 0.4) is 0 Å². The number of phenolic OH excluding ortho intramolecular Hbond substituents is 1. The molecule has 2 amide bonds. The van der Waals surface area contributed by atoms with Gasteiger partial charge in [0.05, 0.1) is 0 Å². The van der Waals surface area contributed by atoms with Gasteiger partial charge in [0.15, 0.2) is 0 Å². The van der Waals surface area contributed by atoms with Crippen LogP contribution in [0.4, 0.5) is 0 Å². The molecule has 1 heterocycles. The molecule has 1 aliphatic rings. The summed E-state index contributed by atoms with van der Waals surface area (Å²) in [5, 5.41) is 35.2. The molecule has 1 aliphatic heterocycles. The summed E-state index contributed by atoms with van der Waals surface area (Å²) in [5.41, 5.74) is 2.09. The molecule has 3 rings (SSSR count). The second-order valence-electron chi connectivity index (χ2n) is 11.3. The fourth-order valence-corrected chi connectivity index (χ4v) is 4.89. The number of phenols is 1. The molecule has 0 bridgehead atoms. The monoisotopic (exact) mass is 539 g/mol. The standard InChI is InChI=1S/C29H37N3O7/c1-29(2,3)16-24(34)30-21(27(36)37)14-17-8-5-6-9-18(17)15-22(28(38)39)31-26(35)25-20-10-7-11-23(33)19(20)12-13-32(25)4/h5-11,21-22,25,33H,12-16H2,1-4H3,(H,30,34)(H,31,35)(H,36,37)(H,38,39). The zero-order valence-electron chi connectivity index (χ0n) is 22.7. The van der Waals surface area contributed by atoms with E-state index in [9.17, 15) is 34.5 Å². The number of aromatic hydroxyl groups is 1. The number of carboxylic acid groups (broad SMARTS) is 2. The number of carboxylic acids is 2. The minimum atomic E-state index is -1.28. The number of hydrogen-bond donors (Lipinski definition) is 5. The van der Waals surface area contributed by atoms with Crippen molar-refractivity contribution < 1.29 is 34.5 Å². The van der Waals surface area contributed by atoms with E-state index in [1.807, 2.05) is 25.7 Å². The van der Waals surface area contributed by atoms with Crippen LogP contribution in [0.5, 0.6) is 5.75 Å². The molecule has 2 aromatic carbocycles. The van der Waals surface area contributed by atoms with Crippen molar-refractivity contribution in [2.24, 2.45) is 5.41 Å². The summed E-state index contributed by atoms with van der Waals surface area (Å²) in [7, 11) is 1.77. The summed E-state index contributed by atoms with van der Waals surface area (Å²) in [6.45, 7) is 6.15. The number of hydrogen-bond acceptors (Lipinski definition) is 6. The van der Waals surface area contributed by atoms with Crippen LogP contribution in [0.15, 0.2) is 42.5 Å². The zero-order valence-corrected chi connectivity index (χ0v) is 22.7. The Bertz CT molecular complexity index is 1240. The molecule has 39 heavy (non-hydrogen) atoms. The molecule has 0 radical (unpaired) electrons. The number of aliphatic carboxylic acids is 2. The molecule has 10 nitrogen and oxygen atoms in total. The first-order chi connectivity index (χ1) is 18.3. The van der Waals surface area contributed by atoms with Gasteiger partial charge in [-0.05, 0) is 41.6 Å². The van der Waals surface area contributed by atoms with Gasteiger partial charge < -0.3 is 26.0 Å². The van der Waals surface area contributed by atoms with Crippen molar-refractivity contribution >= 4 is 23.8 Å². The molecule has 0 aromatic heterocycles. The van der Waals surface area contributed by atoms with E-state index in [1.165, 1.54) is 0 Å². The quantitative estimate of drug-likeness (QED) is 0.308. The van der Waals surface area contributed by atoms with E-state index < -0.39 is 36.0 Å². The summed E-state index contributed by atoms with van der Waals surface area (Å²) >= 11 is 0. The number of rotatable bonds is 10. The van der Waals surface area contributed by atoms with Crippen LogP contribution in [0.2, 0.25) is 0 Å². The van der Waals surface area contributed by atoms with Gasteiger partial charge in [-0.25, -0.2) is 9.59 Å². The molecular weight excluding hydrogens is 502 g/mol. The van der Waals surface area contributed by atoms with Crippen molar-refractivity contribution in [3.8, 4) is 5.75 Å². The van der Waals surface area contributed by atoms with E-state index in [0.29, 0.717) is 35.2 Å². The lowest BCUT2D eigenvalue weighted by molar-refractivity contribution is -0.143. The summed E-state index contributed by atoms with van der Waals surface area (Å²) in [5.74, 6) is -3.22. The molecule has 0 saturated carbocycles. The number of carbonyl (C=O) groups excluding carboxylic acids is 2. The van der Waals surface area contributed by atoms with Gasteiger partial charge in [0.2, 0.25) is 11.8 Å². The lowest BCUT2D eigenvalue weighted by Crippen LogP contribution is -2.49. The summed E-state index contributed by atoms with van der Waals surface area (Å²) in [6, 6.07) is 8.51. The third kappa shape index (κ3) is 7.79. The Morgan fingerprint density at radius 2 is 1.49 bits per heavy atom. The molecule has 5 N–H and O–H groups in total. The predicted molar refractivity (Wildman–Crippen MR) is 144 cm³/mol. The van der Waals surface area contributed by atoms with Crippen LogP contribution < -0.4 is 10.6 Å². The van der Waals surface area contributed by atoms with Gasteiger partial charge in [-0.2, -0.15) is 0 Å². The molecule has 10 heteroatoms. The van der Waals surface area contributed by atoms with Crippen molar-refractivity contribution in [1.29, 1.82) is 0 Å². The molecule has 0 spiro atoms. The van der Waals surface area contributed by atoms with Gasteiger partial charge in [-0.3, -0.25) is 14.5 Å². The van der Waals surface area contributed by atoms with Crippen LogP contribution in [-0.4, -0.2) is 69.6 Å². The largest absolute Gasteiger partial charge is 0.508 e. The highest BCUT2D eigenvalue weighted by molar-refractivity contribution is 5.88. The highest BCUT2D eigenvalue weighted by Gasteiger charge is 2.34. The number of carbonyl (C=O) groups is 4. The third-order valence-corrected chi connectivity index (χ3v) is 6.79. The normalized spacial score (nSPS) is 17.0. The predicted octanol–water partition coefficient (Wildman–Crippen LogP) is 2.28. The highest BCUT2D eigenvalue weighted by Crippen LogP contribution is 2.34. The highest BCUT2D eigenvalue weighted by atomic mass is 16.4.